The van der Waals surface area contributed by atoms with Gasteiger partial charge in [0.05, 0.1) is 0 Å². The van der Waals surface area contributed by atoms with Crippen molar-refractivity contribution < 1.29 is 22.3 Å². The van der Waals surface area contributed by atoms with E-state index < -0.39 is 12.5 Å². The molecule has 0 aromatic heterocycles. The van der Waals surface area contributed by atoms with Crippen LogP contribution in [0.15, 0.2) is 24.3 Å². The van der Waals surface area contributed by atoms with Crippen LogP contribution in [0.3, 0.4) is 0 Å². The number of nitrogens with one attached hydrogen (secondary N) is 1. The van der Waals surface area contributed by atoms with Gasteiger partial charge in [-0.25, -0.2) is 0 Å². The summed E-state index contributed by atoms with van der Waals surface area (Å²) >= 11 is 0. The molecule has 1 aliphatic carbocycles. The van der Waals surface area contributed by atoms with Gasteiger partial charge in [0.2, 0.25) is 0 Å². The number of hydrogen-bond donors (Lipinski definition) is 1. The minimum atomic E-state index is -4.46. The summed E-state index contributed by atoms with van der Waals surface area (Å²) in [5.74, 6) is 0.328. The lowest BCUT2D eigenvalue weighted by molar-refractivity contribution is -0.253. The van der Waals surface area contributed by atoms with Gasteiger partial charge in [0.15, 0.2) is 0 Å². The van der Waals surface area contributed by atoms with E-state index in [0.29, 0.717) is 5.92 Å². The second kappa shape index (κ2) is 7.27. The fourth-order valence-corrected chi connectivity index (χ4v) is 3.43. The van der Waals surface area contributed by atoms with Gasteiger partial charge in [-0.2, -0.15) is 17.6 Å². The van der Waals surface area contributed by atoms with E-state index in [-0.39, 0.29) is 11.8 Å². The molecule has 1 heterocycles. The van der Waals surface area contributed by atoms with Crippen molar-refractivity contribution in [3.8, 4) is 5.75 Å². The fourth-order valence-electron chi connectivity index (χ4n) is 3.43. The molecule has 1 atom stereocenters. The quantitative estimate of drug-likeness (QED) is 0.796. The van der Waals surface area contributed by atoms with Crippen LogP contribution in [0.1, 0.15) is 30.9 Å². The lowest BCUT2D eigenvalue weighted by atomic mass is 9.76. The largest absolute Gasteiger partial charge is 0.461 e. The molecule has 3 nitrogen and oxygen atoms in total. The Bertz CT molecular complexity index is 528. The molecule has 134 valence electrons. The van der Waals surface area contributed by atoms with Gasteiger partial charge >= 0.3 is 12.5 Å². The normalized spacial score (nSPS) is 21.5. The van der Waals surface area contributed by atoms with Crippen LogP contribution in [0, 0.1) is 5.92 Å². The maximum absolute atomic E-state index is 13.0. The van der Waals surface area contributed by atoms with Crippen LogP contribution in [0.4, 0.5) is 17.6 Å². The Labute approximate surface area is 139 Å². The van der Waals surface area contributed by atoms with Crippen LogP contribution < -0.4 is 10.1 Å². The van der Waals surface area contributed by atoms with E-state index >= 15 is 0 Å². The summed E-state index contributed by atoms with van der Waals surface area (Å²) in [6, 6.07) is 6.42. The third-order valence-electron chi connectivity index (χ3n) is 4.87. The summed E-state index contributed by atoms with van der Waals surface area (Å²) in [5.41, 5.74) is 1.04. The predicted molar refractivity (Wildman–Crippen MR) is 82.5 cm³/mol. The lowest BCUT2D eigenvalue weighted by Crippen LogP contribution is -2.47. The number of piperazine rings is 1. The average molecular weight is 346 g/mol. The molecule has 0 bridgehead atoms. The van der Waals surface area contributed by atoms with Crippen molar-refractivity contribution in [3.63, 3.8) is 0 Å². The Morgan fingerprint density at radius 1 is 1.08 bits per heavy atom. The van der Waals surface area contributed by atoms with Gasteiger partial charge in [0.25, 0.3) is 0 Å². The summed E-state index contributed by atoms with van der Waals surface area (Å²) in [5, 5.41) is 3.33. The van der Waals surface area contributed by atoms with Crippen molar-refractivity contribution in [2.24, 2.45) is 5.92 Å². The first-order valence-electron chi connectivity index (χ1n) is 8.37. The van der Waals surface area contributed by atoms with Crippen LogP contribution in [0.2, 0.25) is 0 Å². The topological polar surface area (TPSA) is 24.5 Å². The lowest BCUT2D eigenvalue weighted by Gasteiger charge is -2.43. The summed E-state index contributed by atoms with van der Waals surface area (Å²) in [6.45, 7) is 3.77. The number of benzene rings is 1. The number of ether oxygens (including phenoxy) is 1. The van der Waals surface area contributed by atoms with Crippen LogP contribution in [-0.2, 0) is 0 Å². The summed E-state index contributed by atoms with van der Waals surface area (Å²) < 4.78 is 54.6. The van der Waals surface area contributed by atoms with Gasteiger partial charge < -0.3 is 10.1 Å². The number of halogens is 4. The first-order valence-corrected chi connectivity index (χ1v) is 8.37. The van der Waals surface area contributed by atoms with E-state index in [1.54, 1.807) is 12.1 Å². The van der Waals surface area contributed by atoms with E-state index in [2.05, 4.69) is 15.0 Å². The second-order valence-corrected chi connectivity index (χ2v) is 6.46. The number of rotatable bonds is 6. The average Bonchev–Trinajstić information content (AvgIpc) is 2.52. The molecule has 1 saturated carbocycles. The molecule has 0 amide bonds. The molecule has 2 aliphatic rings. The van der Waals surface area contributed by atoms with E-state index in [1.165, 1.54) is 18.6 Å². The van der Waals surface area contributed by atoms with Crippen LogP contribution in [0.5, 0.6) is 5.75 Å². The molecular formula is C17H22F4N2O. The van der Waals surface area contributed by atoms with Crippen LogP contribution >= 0.6 is 0 Å². The van der Waals surface area contributed by atoms with Gasteiger partial charge in [-0.15, -0.1) is 0 Å². The maximum atomic E-state index is 13.0. The standard InChI is InChI=1S/C17H22F4N2O/c18-16(19)17(20,21)24-14-6-4-13(5-7-14)15(12-2-1-3-12)23-10-8-22-9-11-23/h4-7,12,15-16,22H,1-3,8-11H2/t15-/m1/s1. The maximum Gasteiger partial charge on any atom is 0.461 e. The predicted octanol–water partition coefficient (Wildman–Crippen LogP) is 3.67. The van der Waals surface area contributed by atoms with E-state index in [9.17, 15) is 17.6 Å². The summed E-state index contributed by atoms with van der Waals surface area (Å²) in [7, 11) is 0. The molecule has 3 rings (SSSR count). The molecule has 0 radical (unpaired) electrons. The zero-order valence-corrected chi connectivity index (χ0v) is 13.4. The highest BCUT2D eigenvalue weighted by Gasteiger charge is 2.44. The van der Waals surface area contributed by atoms with Gasteiger partial charge in [-0.05, 0) is 36.5 Å². The highest BCUT2D eigenvalue weighted by Crippen LogP contribution is 2.42. The van der Waals surface area contributed by atoms with Crippen molar-refractivity contribution >= 4 is 0 Å². The number of hydrogen-bond acceptors (Lipinski definition) is 3. The van der Waals surface area contributed by atoms with Crippen molar-refractivity contribution in [2.45, 2.75) is 37.8 Å². The van der Waals surface area contributed by atoms with E-state index in [0.717, 1.165) is 44.6 Å². The fraction of sp³-hybridized carbons (Fsp3) is 0.647. The van der Waals surface area contributed by atoms with Crippen LogP contribution in [0.25, 0.3) is 0 Å². The van der Waals surface area contributed by atoms with E-state index in [1.807, 2.05) is 0 Å². The van der Waals surface area contributed by atoms with Crippen molar-refractivity contribution in [1.29, 1.82) is 0 Å². The highest BCUT2D eigenvalue weighted by molar-refractivity contribution is 5.30. The summed E-state index contributed by atoms with van der Waals surface area (Å²) in [4.78, 5) is 2.42. The smallest absolute Gasteiger partial charge is 0.428 e. The minimum Gasteiger partial charge on any atom is -0.428 e. The molecule has 1 aliphatic heterocycles. The first kappa shape index (κ1) is 17.5. The Morgan fingerprint density at radius 2 is 1.71 bits per heavy atom. The van der Waals surface area contributed by atoms with Gasteiger partial charge in [0.1, 0.15) is 5.75 Å². The monoisotopic (exact) mass is 346 g/mol. The van der Waals surface area contributed by atoms with Gasteiger partial charge in [-0.1, -0.05) is 18.6 Å². The van der Waals surface area contributed by atoms with Crippen molar-refractivity contribution in [2.75, 3.05) is 26.2 Å². The molecule has 1 aromatic rings. The Balaban J connectivity index is 1.74. The highest BCUT2D eigenvalue weighted by atomic mass is 19.3. The molecule has 1 saturated heterocycles. The number of alkyl halides is 4. The minimum absolute atomic E-state index is 0.239. The van der Waals surface area contributed by atoms with Crippen molar-refractivity contribution in [3.05, 3.63) is 29.8 Å². The summed E-state index contributed by atoms with van der Waals surface area (Å²) in [6.07, 6.45) is -4.77. The molecule has 7 heteroatoms. The molecule has 2 fully saturated rings. The van der Waals surface area contributed by atoms with Gasteiger partial charge in [-0.3, -0.25) is 4.90 Å². The Hall–Kier alpha value is -1.34. The Kier molecular flexibility index (Phi) is 5.30. The third-order valence-corrected chi connectivity index (χ3v) is 4.87. The zero-order chi connectivity index (χ0) is 17.2. The molecule has 0 unspecified atom stereocenters. The van der Waals surface area contributed by atoms with Gasteiger partial charge in [0, 0.05) is 32.2 Å². The molecule has 0 spiro atoms. The zero-order valence-electron chi connectivity index (χ0n) is 13.4. The second-order valence-electron chi connectivity index (χ2n) is 6.46. The Morgan fingerprint density at radius 3 is 2.21 bits per heavy atom. The molecular weight excluding hydrogens is 324 g/mol. The first-order chi connectivity index (χ1) is 11.5. The van der Waals surface area contributed by atoms with E-state index in [4.69, 9.17) is 0 Å². The van der Waals surface area contributed by atoms with Crippen molar-refractivity contribution in [1.82, 2.24) is 10.2 Å². The molecule has 24 heavy (non-hydrogen) atoms. The third kappa shape index (κ3) is 3.83. The van der Waals surface area contributed by atoms with Crippen LogP contribution in [-0.4, -0.2) is 43.6 Å². The molecule has 1 N–H and O–H groups in total. The number of nitrogens with zero attached hydrogens (tertiary/aromatic N) is 1. The SMILES string of the molecule is FC(F)C(F)(F)Oc1ccc([C@@H](C2CCC2)N2CCNCC2)cc1. The molecule has 1 aromatic carbocycles.